The largest absolute Gasteiger partial charge is 0.381 e. The van der Waals surface area contributed by atoms with Gasteiger partial charge < -0.3 is 35.3 Å². The number of hydrogen-bond donors (Lipinski definition) is 4. The second-order valence-electron chi connectivity index (χ2n) is 14.6. The molecule has 59 heavy (non-hydrogen) atoms. The minimum atomic E-state index is -0.547. The zero-order valence-electron chi connectivity index (χ0n) is 33.3. The van der Waals surface area contributed by atoms with Gasteiger partial charge in [-0.1, -0.05) is 45.0 Å². The number of non-ortho nitro benzene ring substituents is 1. The maximum atomic E-state index is 13.2. The fraction of sp³-hybridized carbons (Fsp3) is 0.286. The molecule has 0 radical (unpaired) electrons. The summed E-state index contributed by atoms with van der Waals surface area (Å²) < 4.78 is 17.2. The van der Waals surface area contributed by atoms with Crippen LogP contribution < -0.4 is 26.8 Å². The molecule has 0 spiro atoms. The Morgan fingerprint density at radius 1 is 0.831 bits per heavy atom. The van der Waals surface area contributed by atoms with Crippen molar-refractivity contribution in [1.82, 2.24) is 25.2 Å². The second kappa shape index (κ2) is 18.5. The van der Waals surface area contributed by atoms with Gasteiger partial charge in [-0.05, 0) is 82.3 Å². The molecule has 4 N–H and O–H groups in total. The minimum absolute atomic E-state index is 0.0232. The molecule has 2 aromatic heterocycles. The average Bonchev–Trinajstić information content (AvgIpc) is 3.71. The summed E-state index contributed by atoms with van der Waals surface area (Å²) in [5.41, 5.74) is 5.69. The van der Waals surface area contributed by atoms with E-state index in [0.717, 1.165) is 16.7 Å². The number of carbonyl (C=O) groups excluding carboxylic acids is 2. The summed E-state index contributed by atoms with van der Waals surface area (Å²) in [5.74, 6) is -0.415. The third kappa shape index (κ3) is 10.3. The van der Waals surface area contributed by atoms with Crippen molar-refractivity contribution in [1.29, 1.82) is 0 Å². The number of rotatable bonds is 17. The molecule has 0 unspecified atom stereocenters. The number of anilines is 4. The van der Waals surface area contributed by atoms with Crippen LogP contribution in [-0.4, -0.2) is 76.1 Å². The predicted octanol–water partition coefficient (Wildman–Crippen LogP) is 6.37. The van der Waals surface area contributed by atoms with Crippen LogP contribution in [0.4, 0.5) is 28.6 Å². The Kier molecular flexibility index (Phi) is 13.1. The van der Waals surface area contributed by atoms with Crippen molar-refractivity contribution >= 4 is 51.4 Å². The van der Waals surface area contributed by atoms with Gasteiger partial charge in [0.2, 0.25) is 5.52 Å². The molecule has 6 rings (SSSR count). The first-order valence-electron chi connectivity index (χ1n) is 18.8. The number of carbonyl (C=O) groups is 2. The summed E-state index contributed by atoms with van der Waals surface area (Å²) in [6, 6.07) is 22.7. The lowest BCUT2D eigenvalue weighted by Gasteiger charge is -2.19. The number of nitrogens with zero attached hydrogens (tertiary/aromatic N) is 5. The van der Waals surface area contributed by atoms with Gasteiger partial charge in [0.25, 0.3) is 17.4 Å². The van der Waals surface area contributed by atoms with Crippen molar-refractivity contribution < 1.29 is 28.6 Å². The lowest BCUT2D eigenvalue weighted by molar-refractivity contribution is -0.383. The van der Waals surface area contributed by atoms with Crippen molar-refractivity contribution in [2.24, 2.45) is 7.05 Å². The number of aromatic nitrogens is 4. The van der Waals surface area contributed by atoms with Crippen molar-refractivity contribution in [2.75, 3.05) is 55.5 Å². The van der Waals surface area contributed by atoms with Crippen molar-refractivity contribution in [3.05, 3.63) is 128 Å². The monoisotopic (exact) mass is 803 g/mol. The molecule has 0 atom stereocenters. The Hall–Kier alpha value is -6.98. The Labute approximate surface area is 339 Å². The number of nitro groups is 1. The van der Waals surface area contributed by atoms with E-state index in [1.54, 1.807) is 37.5 Å². The van der Waals surface area contributed by atoms with Crippen molar-refractivity contribution in [3.63, 3.8) is 0 Å². The maximum Gasteiger partial charge on any atom is 0.300 e. The van der Waals surface area contributed by atoms with Gasteiger partial charge in [-0.3, -0.25) is 24.5 Å². The van der Waals surface area contributed by atoms with Crippen LogP contribution in [0.5, 0.6) is 0 Å². The van der Waals surface area contributed by atoms with Crippen LogP contribution in [0.1, 0.15) is 52.6 Å². The first kappa shape index (κ1) is 41.6. The van der Waals surface area contributed by atoms with Gasteiger partial charge in [0, 0.05) is 60.5 Å². The molecule has 2 amide bonds. The lowest BCUT2D eigenvalue weighted by atomic mass is 9.86. The van der Waals surface area contributed by atoms with Gasteiger partial charge in [0.05, 0.1) is 42.7 Å². The van der Waals surface area contributed by atoms with E-state index in [1.807, 2.05) is 49.4 Å². The summed E-state index contributed by atoms with van der Waals surface area (Å²) in [6.07, 6.45) is 1.65. The number of nitrogens with one attached hydrogen (secondary N) is 4. The fourth-order valence-corrected chi connectivity index (χ4v) is 6.09. The van der Waals surface area contributed by atoms with Crippen LogP contribution in [0.2, 0.25) is 0 Å². The molecular weight excluding hydrogens is 759 g/mol. The maximum absolute atomic E-state index is 13.2. The topological polar surface area (TPSA) is 218 Å². The average molecular weight is 804 g/mol. The SMILES string of the molecule is Cc1c(NC(=O)c2ccc(C(C)(C)C)cc2)cccc1-c1cn(C)c(=O)c(Nc2ccc(C(=O)NCCOCCOCCNc3ccc([N+](=O)[O-])c4nonc34)cc2)n1. The standard InChI is InChI=1S/C42H45N9O8/c1-26-31(7-6-8-32(26)47-40(53)28-9-13-29(14-10-28)42(2,3)4)34-25-50(5)41(54)38(46-34)45-30-15-11-27(12-16-30)39(52)44-20-22-58-24-23-57-21-19-43-33-17-18-35(51(55)56)37-36(33)48-59-49-37/h6-18,25,43H,19-24H2,1-5H3,(H,44,52)(H,45,46)(H,47,53). The Morgan fingerprint density at radius 2 is 1.49 bits per heavy atom. The van der Waals surface area contributed by atoms with Gasteiger partial charge in [-0.2, -0.15) is 0 Å². The Balaban J connectivity index is 0.947. The van der Waals surface area contributed by atoms with Gasteiger partial charge in [0.1, 0.15) is 0 Å². The van der Waals surface area contributed by atoms with Gasteiger partial charge in [0.15, 0.2) is 11.3 Å². The molecule has 4 aromatic carbocycles. The third-order valence-electron chi connectivity index (χ3n) is 9.41. The summed E-state index contributed by atoms with van der Waals surface area (Å²) in [4.78, 5) is 54.3. The number of nitro benzene ring substituents is 1. The van der Waals surface area contributed by atoms with Crippen LogP contribution in [0.3, 0.4) is 0 Å². The van der Waals surface area contributed by atoms with E-state index in [9.17, 15) is 24.5 Å². The number of hydrogen-bond acceptors (Lipinski definition) is 13. The summed E-state index contributed by atoms with van der Waals surface area (Å²) in [5, 5.41) is 30.5. The van der Waals surface area contributed by atoms with E-state index in [1.165, 1.54) is 16.7 Å². The van der Waals surface area contributed by atoms with Crippen LogP contribution in [-0.2, 0) is 21.9 Å². The van der Waals surface area contributed by atoms with Crippen LogP contribution in [0.15, 0.2) is 94.5 Å². The van der Waals surface area contributed by atoms with Gasteiger partial charge >= 0.3 is 5.69 Å². The predicted molar refractivity (Wildman–Crippen MR) is 223 cm³/mol. The molecule has 17 heteroatoms. The zero-order valence-corrected chi connectivity index (χ0v) is 33.3. The zero-order chi connectivity index (χ0) is 42.1. The fourth-order valence-electron chi connectivity index (χ4n) is 6.09. The van der Waals surface area contributed by atoms with Crippen LogP contribution >= 0.6 is 0 Å². The highest BCUT2D eigenvalue weighted by Crippen LogP contribution is 2.30. The second-order valence-corrected chi connectivity index (χ2v) is 14.6. The normalized spacial score (nSPS) is 11.3. The van der Waals surface area contributed by atoms with E-state index in [0.29, 0.717) is 60.2 Å². The highest BCUT2D eigenvalue weighted by molar-refractivity contribution is 6.05. The summed E-state index contributed by atoms with van der Waals surface area (Å²) >= 11 is 0. The van der Waals surface area contributed by atoms with Crippen LogP contribution in [0, 0.1) is 17.0 Å². The summed E-state index contributed by atoms with van der Waals surface area (Å²) in [7, 11) is 1.64. The molecule has 0 aliphatic carbocycles. The minimum Gasteiger partial charge on any atom is -0.381 e. The number of benzene rings is 4. The first-order chi connectivity index (χ1) is 28.3. The van der Waals surface area contributed by atoms with Crippen molar-refractivity contribution in [2.45, 2.75) is 33.1 Å². The van der Waals surface area contributed by atoms with E-state index in [4.69, 9.17) is 9.47 Å². The highest BCUT2D eigenvalue weighted by atomic mass is 16.6. The quantitative estimate of drug-likeness (QED) is 0.0448. The molecule has 0 aliphatic rings. The van der Waals surface area contributed by atoms with E-state index in [2.05, 4.69) is 62.0 Å². The molecule has 0 aliphatic heterocycles. The van der Waals surface area contributed by atoms with E-state index < -0.39 is 4.92 Å². The number of fused-ring (bicyclic) bond motifs is 1. The van der Waals surface area contributed by atoms with Crippen LogP contribution in [0.25, 0.3) is 22.3 Å². The first-order valence-corrected chi connectivity index (χ1v) is 18.8. The molecule has 0 fully saturated rings. The molecule has 0 saturated carbocycles. The lowest BCUT2D eigenvalue weighted by Crippen LogP contribution is -2.27. The molecule has 306 valence electrons. The Morgan fingerprint density at radius 3 is 2.19 bits per heavy atom. The van der Waals surface area contributed by atoms with Gasteiger partial charge in [-0.15, -0.1) is 0 Å². The molecule has 0 saturated heterocycles. The Bertz CT molecular complexity index is 2510. The van der Waals surface area contributed by atoms with Crippen molar-refractivity contribution in [3.8, 4) is 11.3 Å². The number of aryl methyl sites for hydroxylation is 1. The van der Waals surface area contributed by atoms with Gasteiger partial charge in [-0.25, -0.2) is 9.61 Å². The molecule has 6 aromatic rings. The number of amides is 2. The summed E-state index contributed by atoms with van der Waals surface area (Å²) in [6.45, 7) is 10.2. The smallest absolute Gasteiger partial charge is 0.300 e. The van der Waals surface area contributed by atoms with E-state index >= 15 is 0 Å². The molecular formula is C42H45N9O8. The van der Waals surface area contributed by atoms with E-state index in [-0.39, 0.29) is 58.5 Å². The highest BCUT2D eigenvalue weighted by Gasteiger charge is 2.20. The molecule has 0 bridgehead atoms. The molecule has 2 heterocycles. The third-order valence-corrected chi connectivity index (χ3v) is 9.41. The number of ether oxygens (including phenoxy) is 2. The molecule has 17 nitrogen and oxygen atoms in total.